The van der Waals surface area contributed by atoms with Crippen LogP contribution in [0.15, 0.2) is 11.8 Å². The van der Waals surface area contributed by atoms with E-state index >= 15 is 0 Å². The van der Waals surface area contributed by atoms with E-state index in [9.17, 15) is 9.59 Å². The zero-order valence-corrected chi connectivity index (χ0v) is 15.3. The van der Waals surface area contributed by atoms with Crippen molar-refractivity contribution in [3.05, 3.63) is 11.8 Å². The van der Waals surface area contributed by atoms with E-state index in [-0.39, 0.29) is 16.8 Å². The lowest BCUT2D eigenvalue weighted by molar-refractivity contribution is -0.145. The average Bonchev–Trinajstić information content (AvgIpc) is 2.82. The molecule has 0 amide bonds. The van der Waals surface area contributed by atoms with Crippen molar-refractivity contribution in [1.82, 2.24) is 0 Å². The van der Waals surface area contributed by atoms with E-state index < -0.39 is 0 Å². The molecule has 4 aliphatic rings. The first-order valence-corrected chi connectivity index (χ1v) is 9.78. The Kier molecular flexibility index (Phi) is 3.71. The Balaban J connectivity index is 1.64. The topological polar surface area (TPSA) is 43.4 Å². The number of ketones is 1. The standard InChI is InChI=1S/C21H30O3/c1-13(22)24-18-5-4-11-20(2)16-10-12-21(3)15(8-9-19(21)23)14(16)6-7-17(18)20/h5,14-17H,4,6-12H2,1-3H3/t14-,15-,16-,17-,20+,21-/m0/s1. The summed E-state index contributed by atoms with van der Waals surface area (Å²) in [5.74, 6) is 3.60. The molecule has 0 radical (unpaired) electrons. The molecule has 0 aliphatic heterocycles. The van der Waals surface area contributed by atoms with Crippen molar-refractivity contribution < 1.29 is 14.3 Å². The minimum absolute atomic E-state index is 0.0480. The number of fused-ring (bicyclic) bond motifs is 5. The van der Waals surface area contributed by atoms with Gasteiger partial charge in [-0.05, 0) is 74.2 Å². The van der Waals surface area contributed by atoms with Crippen LogP contribution in [0.2, 0.25) is 0 Å². The smallest absolute Gasteiger partial charge is 0.307 e. The Morgan fingerprint density at radius 1 is 1.12 bits per heavy atom. The average molecular weight is 330 g/mol. The maximum absolute atomic E-state index is 12.5. The van der Waals surface area contributed by atoms with Crippen molar-refractivity contribution in [3.8, 4) is 0 Å². The number of hydrogen-bond donors (Lipinski definition) is 0. The van der Waals surface area contributed by atoms with Crippen LogP contribution in [0, 0.1) is 34.5 Å². The molecular formula is C21H30O3. The zero-order valence-electron chi connectivity index (χ0n) is 15.3. The second-order valence-corrected chi connectivity index (χ2v) is 9.17. The third-order valence-electron chi connectivity index (χ3n) is 8.21. The van der Waals surface area contributed by atoms with Gasteiger partial charge in [-0.2, -0.15) is 0 Å². The van der Waals surface area contributed by atoms with Crippen LogP contribution in [-0.4, -0.2) is 11.8 Å². The lowest BCUT2D eigenvalue weighted by Gasteiger charge is -2.59. The molecule has 6 atom stereocenters. The van der Waals surface area contributed by atoms with Crippen LogP contribution >= 0.6 is 0 Å². The van der Waals surface area contributed by atoms with Gasteiger partial charge in [0.25, 0.3) is 0 Å². The van der Waals surface area contributed by atoms with E-state index in [2.05, 4.69) is 19.9 Å². The van der Waals surface area contributed by atoms with Crippen molar-refractivity contribution in [2.24, 2.45) is 34.5 Å². The molecule has 0 aromatic heterocycles. The predicted octanol–water partition coefficient (Wildman–Crippen LogP) is 4.66. The number of rotatable bonds is 1. The minimum Gasteiger partial charge on any atom is -0.431 e. The highest BCUT2D eigenvalue weighted by Gasteiger charge is 2.60. The van der Waals surface area contributed by atoms with Crippen molar-refractivity contribution in [2.45, 2.75) is 72.1 Å². The maximum Gasteiger partial charge on any atom is 0.307 e. The van der Waals surface area contributed by atoms with Crippen LogP contribution in [0.5, 0.6) is 0 Å². The molecule has 0 saturated heterocycles. The first kappa shape index (κ1) is 16.4. The monoisotopic (exact) mass is 330 g/mol. The Morgan fingerprint density at radius 2 is 1.92 bits per heavy atom. The highest BCUT2D eigenvalue weighted by molar-refractivity contribution is 5.87. The number of allylic oxidation sites excluding steroid dienone is 2. The first-order valence-electron chi connectivity index (χ1n) is 9.78. The van der Waals surface area contributed by atoms with Gasteiger partial charge < -0.3 is 4.74 Å². The summed E-state index contributed by atoms with van der Waals surface area (Å²) in [4.78, 5) is 24.0. The molecule has 3 heteroatoms. The van der Waals surface area contributed by atoms with Gasteiger partial charge in [0.1, 0.15) is 11.5 Å². The molecular weight excluding hydrogens is 300 g/mol. The van der Waals surface area contributed by atoms with E-state index in [0.29, 0.717) is 29.5 Å². The molecule has 0 N–H and O–H groups in total. The number of carbonyl (C=O) groups is 2. The minimum atomic E-state index is -0.190. The van der Waals surface area contributed by atoms with Crippen LogP contribution in [0.4, 0.5) is 0 Å². The van der Waals surface area contributed by atoms with Crippen molar-refractivity contribution >= 4 is 11.8 Å². The van der Waals surface area contributed by atoms with Gasteiger partial charge in [-0.15, -0.1) is 0 Å². The van der Waals surface area contributed by atoms with Crippen LogP contribution in [0.1, 0.15) is 72.1 Å². The van der Waals surface area contributed by atoms with E-state index in [1.807, 2.05) is 0 Å². The molecule has 0 heterocycles. The van der Waals surface area contributed by atoms with Crippen LogP contribution in [0.3, 0.4) is 0 Å². The molecule has 0 spiro atoms. The molecule has 132 valence electrons. The molecule has 0 aromatic carbocycles. The molecule has 24 heavy (non-hydrogen) atoms. The van der Waals surface area contributed by atoms with E-state index in [4.69, 9.17) is 4.74 Å². The van der Waals surface area contributed by atoms with Gasteiger partial charge in [-0.3, -0.25) is 9.59 Å². The van der Waals surface area contributed by atoms with Crippen molar-refractivity contribution in [2.75, 3.05) is 0 Å². The van der Waals surface area contributed by atoms with E-state index in [0.717, 1.165) is 37.9 Å². The summed E-state index contributed by atoms with van der Waals surface area (Å²) in [6.45, 7) is 6.18. The number of ether oxygens (including phenoxy) is 1. The zero-order chi connectivity index (χ0) is 17.1. The summed E-state index contributed by atoms with van der Waals surface area (Å²) >= 11 is 0. The van der Waals surface area contributed by atoms with Crippen molar-refractivity contribution in [1.29, 1.82) is 0 Å². The molecule has 4 aliphatic carbocycles. The molecule has 3 nitrogen and oxygen atoms in total. The largest absolute Gasteiger partial charge is 0.431 e. The predicted molar refractivity (Wildman–Crippen MR) is 92.0 cm³/mol. The molecule has 0 aromatic rings. The number of hydrogen-bond acceptors (Lipinski definition) is 3. The Morgan fingerprint density at radius 3 is 2.67 bits per heavy atom. The second-order valence-electron chi connectivity index (χ2n) is 9.17. The second kappa shape index (κ2) is 5.44. The summed E-state index contributed by atoms with van der Waals surface area (Å²) in [5, 5.41) is 0. The Labute approximate surface area is 145 Å². The van der Waals surface area contributed by atoms with Crippen LogP contribution in [-0.2, 0) is 14.3 Å². The fourth-order valence-electron chi connectivity index (χ4n) is 7.00. The summed E-state index contributed by atoms with van der Waals surface area (Å²) in [7, 11) is 0. The Hall–Kier alpha value is -1.12. The molecule has 4 rings (SSSR count). The van der Waals surface area contributed by atoms with Crippen LogP contribution < -0.4 is 0 Å². The van der Waals surface area contributed by atoms with Gasteiger partial charge >= 0.3 is 5.97 Å². The highest BCUT2D eigenvalue weighted by Crippen LogP contribution is 2.65. The van der Waals surface area contributed by atoms with E-state index in [1.54, 1.807) is 0 Å². The lowest BCUT2D eigenvalue weighted by Crippen LogP contribution is -2.53. The number of Topliss-reactive ketones (excluding diaryl/α,β-unsaturated/α-hetero) is 1. The third kappa shape index (κ3) is 2.16. The molecule has 0 unspecified atom stereocenters. The molecule has 3 fully saturated rings. The first-order chi connectivity index (χ1) is 11.4. The number of carbonyl (C=O) groups excluding carboxylic acids is 2. The van der Waals surface area contributed by atoms with Crippen molar-refractivity contribution in [3.63, 3.8) is 0 Å². The third-order valence-corrected chi connectivity index (χ3v) is 8.21. The SMILES string of the molecule is CC(=O)OC1=CCC[C@@]2(C)[C@H]1CC[C@@H]1[C@@H]2CC[C@]2(C)C(=O)CC[C@@H]12. The summed E-state index contributed by atoms with van der Waals surface area (Å²) in [5.41, 5.74) is 0.184. The van der Waals surface area contributed by atoms with E-state index in [1.165, 1.54) is 26.2 Å². The number of esters is 1. The van der Waals surface area contributed by atoms with Gasteiger partial charge in [0.15, 0.2) is 0 Å². The van der Waals surface area contributed by atoms with Gasteiger partial charge in [0.2, 0.25) is 0 Å². The van der Waals surface area contributed by atoms with Gasteiger partial charge in [0.05, 0.1) is 0 Å². The van der Waals surface area contributed by atoms with Crippen LogP contribution in [0.25, 0.3) is 0 Å². The van der Waals surface area contributed by atoms with Gasteiger partial charge in [0, 0.05) is 24.7 Å². The lowest BCUT2D eigenvalue weighted by atomic mass is 9.46. The molecule has 3 saturated carbocycles. The fraction of sp³-hybridized carbons (Fsp3) is 0.810. The Bertz CT molecular complexity index is 606. The quantitative estimate of drug-likeness (QED) is 0.657. The fourth-order valence-corrected chi connectivity index (χ4v) is 7.00. The highest BCUT2D eigenvalue weighted by atomic mass is 16.5. The summed E-state index contributed by atoms with van der Waals surface area (Å²) in [6, 6.07) is 0. The summed E-state index contributed by atoms with van der Waals surface area (Å²) in [6.07, 6.45) is 10.8. The van der Waals surface area contributed by atoms with Gasteiger partial charge in [-0.25, -0.2) is 0 Å². The summed E-state index contributed by atoms with van der Waals surface area (Å²) < 4.78 is 5.60. The molecule has 0 bridgehead atoms. The maximum atomic E-state index is 12.5. The normalized spacial score (nSPS) is 47.3. The van der Waals surface area contributed by atoms with Gasteiger partial charge in [-0.1, -0.05) is 13.8 Å².